The molecule has 3 rings (SSSR count). The number of halogens is 1. The van der Waals surface area contributed by atoms with Crippen molar-refractivity contribution >= 4 is 26.7 Å². The molecule has 0 aliphatic heterocycles. The maximum atomic E-state index is 9.29. The molecule has 4 heteroatoms. The Morgan fingerprint density at radius 3 is 2.70 bits per heavy atom. The molecule has 0 saturated carbocycles. The first-order chi connectivity index (χ1) is 9.76. The number of pyridine rings is 1. The molecule has 0 saturated heterocycles. The summed E-state index contributed by atoms with van der Waals surface area (Å²) in [6.45, 7) is -0.0711. The second-order valence-corrected chi connectivity index (χ2v) is 5.31. The third-order valence-corrected chi connectivity index (χ3v) is 3.54. The molecule has 0 fully saturated rings. The Balaban J connectivity index is 1.96. The van der Waals surface area contributed by atoms with E-state index in [1.807, 2.05) is 30.3 Å². The Bertz CT molecular complexity index is 758. The second-order valence-electron chi connectivity index (χ2n) is 4.40. The van der Waals surface area contributed by atoms with Crippen LogP contribution in [0.3, 0.4) is 0 Å². The zero-order chi connectivity index (χ0) is 13.9. The number of aliphatic hydroxyl groups is 1. The van der Waals surface area contributed by atoms with Crippen molar-refractivity contribution in [2.24, 2.45) is 0 Å². The average Bonchev–Trinajstić information content (AvgIpc) is 2.48. The number of rotatable bonds is 3. The van der Waals surface area contributed by atoms with Gasteiger partial charge in [-0.25, -0.2) is 0 Å². The van der Waals surface area contributed by atoms with Gasteiger partial charge < -0.3 is 9.84 Å². The molecule has 1 heterocycles. The predicted molar refractivity (Wildman–Crippen MR) is 81.9 cm³/mol. The van der Waals surface area contributed by atoms with E-state index in [1.54, 1.807) is 18.5 Å². The zero-order valence-corrected chi connectivity index (χ0v) is 12.2. The molecule has 0 amide bonds. The quantitative estimate of drug-likeness (QED) is 0.779. The van der Waals surface area contributed by atoms with E-state index in [9.17, 15) is 5.11 Å². The number of aliphatic hydroxyl groups excluding tert-OH is 1. The molecule has 0 bridgehead atoms. The topological polar surface area (TPSA) is 42.4 Å². The molecule has 0 spiro atoms. The normalized spacial score (nSPS) is 10.7. The lowest BCUT2D eigenvalue weighted by Crippen LogP contribution is -1.92. The Morgan fingerprint density at radius 1 is 1.05 bits per heavy atom. The molecular formula is C16H12BrNO2. The summed E-state index contributed by atoms with van der Waals surface area (Å²) in [5.74, 6) is 1.30. The van der Waals surface area contributed by atoms with Crippen LogP contribution < -0.4 is 4.74 Å². The van der Waals surface area contributed by atoms with Crippen molar-refractivity contribution in [3.05, 3.63) is 64.9 Å². The highest BCUT2D eigenvalue weighted by Gasteiger charge is 2.05. The molecule has 100 valence electrons. The van der Waals surface area contributed by atoms with Crippen molar-refractivity contribution in [2.75, 3.05) is 0 Å². The van der Waals surface area contributed by atoms with E-state index in [1.165, 1.54) is 0 Å². The van der Waals surface area contributed by atoms with Crippen LogP contribution in [-0.2, 0) is 6.61 Å². The van der Waals surface area contributed by atoms with Crippen molar-refractivity contribution in [3.8, 4) is 11.5 Å². The van der Waals surface area contributed by atoms with E-state index in [2.05, 4.69) is 27.0 Å². The molecule has 20 heavy (non-hydrogen) atoms. The van der Waals surface area contributed by atoms with Crippen LogP contribution in [0.2, 0.25) is 0 Å². The Kier molecular flexibility index (Phi) is 3.67. The Hall–Kier alpha value is -1.91. The van der Waals surface area contributed by atoms with E-state index in [-0.39, 0.29) is 6.61 Å². The largest absolute Gasteiger partial charge is 0.455 e. The highest BCUT2D eigenvalue weighted by Crippen LogP contribution is 2.28. The number of benzene rings is 2. The summed E-state index contributed by atoms with van der Waals surface area (Å²) < 4.78 is 6.85. The minimum Gasteiger partial charge on any atom is -0.455 e. The predicted octanol–water partition coefficient (Wildman–Crippen LogP) is 4.28. The molecule has 0 atom stereocenters. The molecule has 0 unspecified atom stereocenters. The molecule has 2 aromatic carbocycles. The minimum absolute atomic E-state index is 0.0711. The van der Waals surface area contributed by atoms with Crippen molar-refractivity contribution in [2.45, 2.75) is 6.61 Å². The first kappa shape index (κ1) is 13.1. The number of nitrogens with zero attached hydrogens (tertiary/aromatic N) is 1. The van der Waals surface area contributed by atoms with E-state index in [0.717, 1.165) is 26.6 Å². The number of aromatic nitrogens is 1. The fraction of sp³-hybridized carbons (Fsp3) is 0.0625. The van der Waals surface area contributed by atoms with E-state index in [4.69, 9.17) is 4.74 Å². The van der Waals surface area contributed by atoms with Crippen LogP contribution in [0.15, 0.2) is 59.3 Å². The van der Waals surface area contributed by atoms with E-state index < -0.39 is 0 Å². The third-order valence-electron chi connectivity index (χ3n) is 3.04. The van der Waals surface area contributed by atoms with Gasteiger partial charge in [0.15, 0.2) is 5.75 Å². The van der Waals surface area contributed by atoms with Crippen LogP contribution in [0.5, 0.6) is 11.5 Å². The van der Waals surface area contributed by atoms with E-state index >= 15 is 0 Å². The highest BCUT2D eigenvalue weighted by atomic mass is 79.9. The van der Waals surface area contributed by atoms with Crippen LogP contribution in [0.4, 0.5) is 0 Å². The van der Waals surface area contributed by atoms with Gasteiger partial charge in [-0.1, -0.05) is 28.1 Å². The SMILES string of the molecule is OCc1ccncc1Oc1ccc2cc(Br)ccc2c1. The van der Waals surface area contributed by atoms with Gasteiger partial charge >= 0.3 is 0 Å². The number of hydrogen-bond donors (Lipinski definition) is 1. The lowest BCUT2D eigenvalue weighted by atomic mass is 10.1. The number of hydrogen-bond acceptors (Lipinski definition) is 3. The summed E-state index contributed by atoms with van der Waals surface area (Å²) >= 11 is 3.46. The molecule has 3 aromatic rings. The van der Waals surface area contributed by atoms with E-state index in [0.29, 0.717) is 5.75 Å². The van der Waals surface area contributed by atoms with Gasteiger partial charge in [-0.05, 0) is 41.1 Å². The first-order valence-corrected chi connectivity index (χ1v) is 6.96. The minimum atomic E-state index is -0.0711. The standard InChI is InChI=1S/C16H12BrNO2/c17-14-3-1-12-8-15(4-2-11(12)7-14)20-16-9-18-6-5-13(16)10-19/h1-9,19H,10H2. The summed E-state index contributed by atoms with van der Waals surface area (Å²) in [4.78, 5) is 4.02. The molecule has 1 aromatic heterocycles. The van der Waals surface area contributed by atoms with Gasteiger partial charge in [0, 0.05) is 16.2 Å². The van der Waals surface area contributed by atoms with Gasteiger partial charge in [0.2, 0.25) is 0 Å². The monoisotopic (exact) mass is 329 g/mol. The van der Waals surface area contributed by atoms with Crippen LogP contribution in [-0.4, -0.2) is 10.1 Å². The summed E-state index contributed by atoms with van der Waals surface area (Å²) in [6, 6.07) is 13.7. The summed E-state index contributed by atoms with van der Waals surface area (Å²) in [5.41, 5.74) is 0.718. The molecule has 0 aliphatic rings. The van der Waals surface area contributed by atoms with Gasteiger partial charge in [-0.3, -0.25) is 4.98 Å². The zero-order valence-electron chi connectivity index (χ0n) is 10.6. The van der Waals surface area contributed by atoms with Crippen LogP contribution in [0, 0.1) is 0 Å². The van der Waals surface area contributed by atoms with Gasteiger partial charge in [-0.2, -0.15) is 0 Å². The van der Waals surface area contributed by atoms with Crippen LogP contribution in [0.1, 0.15) is 5.56 Å². The first-order valence-electron chi connectivity index (χ1n) is 6.17. The lowest BCUT2D eigenvalue weighted by Gasteiger charge is -2.09. The highest BCUT2D eigenvalue weighted by molar-refractivity contribution is 9.10. The van der Waals surface area contributed by atoms with Gasteiger partial charge in [-0.15, -0.1) is 0 Å². The fourth-order valence-corrected chi connectivity index (χ4v) is 2.40. The van der Waals surface area contributed by atoms with Crippen LogP contribution in [0.25, 0.3) is 10.8 Å². The molecular weight excluding hydrogens is 318 g/mol. The van der Waals surface area contributed by atoms with Crippen molar-refractivity contribution in [1.29, 1.82) is 0 Å². The van der Waals surface area contributed by atoms with Crippen molar-refractivity contribution in [3.63, 3.8) is 0 Å². The number of ether oxygens (including phenoxy) is 1. The van der Waals surface area contributed by atoms with Gasteiger partial charge in [0.1, 0.15) is 5.75 Å². The molecule has 1 N–H and O–H groups in total. The lowest BCUT2D eigenvalue weighted by molar-refractivity contribution is 0.276. The maximum Gasteiger partial charge on any atom is 0.151 e. The molecule has 0 aliphatic carbocycles. The number of fused-ring (bicyclic) bond motifs is 1. The van der Waals surface area contributed by atoms with Crippen molar-refractivity contribution < 1.29 is 9.84 Å². The van der Waals surface area contributed by atoms with Crippen molar-refractivity contribution in [1.82, 2.24) is 4.98 Å². The fourth-order valence-electron chi connectivity index (χ4n) is 2.02. The summed E-state index contributed by atoms with van der Waals surface area (Å²) in [7, 11) is 0. The van der Waals surface area contributed by atoms with Crippen LogP contribution >= 0.6 is 15.9 Å². The smallest absolute Gasteiger partial charge is 0.151 e. The maximum absolute atomic E-state index is 9.29. The molecule has 0 radical (unpaired) electrons. The second kappa shape index (κ2) is 5.61. The van der Waals surface area contributed by atoms with Gasteiger partial charge in [0.05, 0.1) is 12.8 Å². The Labute approximate surface area is 125 Å². The molecule has 3 nitrogen and oxygen atoms in total. The van der Waals surface area contributed by atoms with Gasteiger partial charge in [0.25, 0.3) is 0 Å². The summed E-state index contributed by atoms with van der Waals surface area (Å²) in [5, 5.41) is 11.5. The summed E-state index contributed by atoms with van der Waals surface area (Å²) in [6.07, 6.45) is 3.24. The Morgan fingerprint density at radius 2 is 1.85 bits per heavy atom. The average molecular weight is 330 g/mol. The third kappa shape index (κ3) is 2.66.